The molecule has 3 rings (SSSR count). The van der Waals surface area contributed by atoms with Crippen LogP contribution in [0.3, 0.4) is 0 Å². The molecular formula is C14H12N2O4. The van der Waals surface area contributed by atoms with Gasteiger partial charge in [-0.25, -0.2) is 0 Å². The second-order valence-electron chi connectivity index (χ2n) is 4.33. The average Bonchev–Trinajstić information content (AvgIpc) is 3.12. The van der Waals surface area contributed by atoms with Crippen LogP contribution in [0.1, 0.15) is 26.4 Å². The van der Waals surface area contributed by atoms with E-state index in [1.807, 2.05) is 18.2 Å². The molecule has 102 valence electrons. The van der Waals surface area contributed by atoms with E-state index in [1.54, 1.807) is 0 Å². The minimum atomic E-state index is -0.268. The van der Waals surface area contributed by atoms with Crippen LogP contribution in [-0.2, 0) is 6.54 Å². The quantitative estimate of drug-likeness (QED) is 0.826. The number of amides is 1. The summed E-state index contributed by atoms with van der Waals surface area (Å²) in [6.45, 7) is 0.590. The lowest BCUT2D eigenvalue weighted by Gasteiger charge is -2.05. The lowest BCUT2D eigenvalue weighted by molar-refractivity contribution is 0.0946. The van der Waals surface area contributed by atoms with Crippen molar-refractivity contribution >= 4 is 12.2 Å². The summed E-state index contributed by atoms with van der Waals surface area (Å²) in [5.74, 6) is 1.12. The Balaban J connectivity index is 1.64. The summed E-state index contributed by atoms with van der Waals surface area (Å²) < 4.78 is 10.5. The summed E-state index contributed by atoms with van der Waals surface area (Å²) in [5, 5.41) is 2.76. The van der Waals surface area contributed by atoms with E-state index in [4.69, 9.17) is 9.47 Å². The van der Waals surface area contributed by atoms with Crippen LogP contribution in [0.2, 0.25) is 0 Å². The predicted molar refractivity (Wildman–Crippen MR) is 69.9 cm³/mol. The van der Waals surface area contributed by atoms with Crippen LogP contribution in [0.25, 0.3) is 0 Å². The Morgan fingerprint density at radius 1 is 1.30 bits per heavy atom. The molecule has 20 heavy (non-hydrogen) atoms. The zero-order valence-corrected chi connectivity index (χ0v) is 10.5. The van der Waals surface area contributed by atoms with Crippen molar-refractivity contribution in [1.82, 2.24) is 10.3 Å². The van der Waals surface area contributed by atoms with Crippen molar-refractivity contribution in [3.63, 3.8) is 0 Å². The van der Waals surface area contributed by atoms with Crippen molar-refractivity contribution in [2.45, 2.75) is 6.54 Å². The third kappa shape index (κ3) is 2.35. The van der Waals surface area contributed by atoms with E-state index < -0.39 is 0 Å². The molecule has 0 saturated carbocycles. The Labute approximate surface area is 114 Å². The minimum absolute atomic E-state index is 0.224. The highest BCUT2D eigenvalue weighted by Crippen LogP contribution is 2.32. The van der Waals surface area contributed by atoms with Crippen LogP contribution in [0.5, 0.6) is 11.5 Å². The summed E-state index contributed by atoms with van der Waals surface area (Å²) in [6.07, 6.45) is 2.17. The molecule has 0 fully saturated rings. The maximum atomic E-state index is 11.9. The van der Waals surface area contributed by atoms with Crippen LogP contribution in [0.4, 0.5) is 0 Å². The van der Waals surface area contributed by atoms with E-state index >= 15 is 0 Å². The average molecular weight is 272 g/mol. The van der Waals surface area contributed by atoms with Gasteiger partial charge >= 0.3 is 0 Å². The van der Waals surface area contributed by atoms with Gasteiger partial charge in [-0.1, -0.05) is 6.07 Å². The SMILES string of the molecule is O=Cc1c[nH]c(C(=O)NCc2ccc3c(c2)OCO3)c1. The van der Waals surface area contributed by atoms with E-state index in [9.17, 15) is 9.59 Å². The number of aromatic nitrogens is 1. The highest BCUT2D eigenvalue weighted by Gasteiger charge is 2.14. The van der Waals surface area contributed by atoms with Crippen molar-refractivity contribution in [2.24, 2.45) is 0 Å². The number of H-pyrrole nitrogens is 1. The molecule has 2 N–H and O–H groups in total. The molecule has 1 aromatic heterocycles. The van der Waals surface area contributed by atoms with E-state index in [-0.39, 0.29) is 12.7 Å². The smallest absolute Gasteiger partial charge is 0.267 e. The maximum Gasteiger partial charge on any atom is 0.267 e. The highest BCUT2D eigenvalue weighted by molar-refractivity contribution is 5.94. The fourth-order valence-corrected chi connectivity index (χ4v) is 1.94. The van der Waals surface area contributed by atoms with Crippen LogP contribution < -0.4 is 14.8 Å². The maximum absolute atomic E-state index is 11.9. The molecule has 0 radical (unpaired) electrons. The fourth-order valence-electron chi connectivity index (χ4n) is 1.94. The van der Waals surface area contributed by atoms with Gasteiger partial charge in [-0.15, -0.1) is 0 Å². The minimum Gasteiger partial charge on any atom is -0.454 e. The van der Waals surface area contributed by atoms with Gasteiger partial charge in [-0.2, -0.15) is 0 Å². The zero-order chi connectivity index (χ0) is 13.9. The summed E-state index contributed by atoms with van der Waals surface area (Å²) in [5.41, 5.74) is 1.70. The van der Waals surface area contributed by atoms with Gasteiger partial charge in [0, 0.05) is 18.3 Å². The van der Waals surface area contributed by atoms with Gasteiger partial charge < -0.3 is 19.8 Å². The third-order valence-corrected chi connectivity index (χ3v) is 2.98. The molecule has 1 aromatic carbocycles. The van der Waals surface area contributed by atoms with Gasteiger partial charge in [0.05, 0.1) is 0 Å². The highest BCUT2D eigenvalue weighted by atomic mass is 16.7. The Hall–Kier alpha value is -2.76. The molecule has 1 amide bonds. The van der Waals surface area contributed by atoms with Crippen molar-refractivity contribution in [3.05, 3.63) is 47.3 Å². The first-order valence-corrected chi connectivity index (χ1v) is 6.06. The zero-order valence-electron chi connectivity index (χ0n) is 10.5. The molecule has 0 aliphatic carbocycles. The Kier molecular flexibility index (Phi) is 3.12. The lowest BCUT2D eigenvalue weighted by Crippen LogP contribution is -2.23. The van der Waals surface area contributed by atoms with Crippen molar-refractivity contribution < 1.29 is 19.1 Å². The number of carbonyl (C=O) groups excluding carboxylic acids is 2. The Morgan fingerprint density at radius 3 is 2.95 bits per heavy atom. The first-order valence-electron chi connectivity index (χ1n) is 6.06. The Morgan fingerprint density at radius 2 is 2.15 bits per heavy atom. The number of fused-ring (bicyclic) bond motifs is 1. The molecule has 0 atom stereocenters. The number of nitrogens with one attached hydrogen (secondary N) is 2. The normalized spacial score (nSPS) is 12.2. The largest absolute Gasteiger partial charge is 0.454 e. The predicted octanol–water partition coefficient (Wildman–Crippen LogP) is 1.49. The molecule has 2 heterocycles. The lowest BCUT2D eigenvalue weighted by atomic mass is 10.2. The van der Waals surface area contributed by atoms with E-state index in [0.29, 0.717) is 35.6 Å². The topological polar surface area (TPSA) is 80.4 Å². The van der Waals surface area contributed by atoms with Crippen LogP contribution >= 0.6 is 0 Å². The first kappa shape index (κ1) is 12.3. The summed E-state index contributed by atoms with van der Waals surface area (Å²) in [6, 6.07) is 7.00. The first-order chi connectivity index (χ1) is 9.76. The molecule has 2 aromatic rings. The molecule has 0 spiro atoms. The standard InChI is InChI=1S/C14H12N2O4/c17-7-10-3-11(15-6-10)14(18)16-5-9-1-2-12-13(4-9)20-8-19-12/h1-4,6-7,15H,5,8H2,(H,16,18). The van der Waals surface area contributed by atoms with Gasteiger partial charge in [0.25, 0.3) is 5.91 Å². The number of ether oxygens (including phenoxy) is 2. The molecule has 1 aliphatic rings. The molecule has 0 unspecified atom stereocenters. The van der Waals surface area contributed by atoms with Crippen molar-refractivity contribution in [3.8, 4) is 11.5 Å². The summed E-state index contributed by atoms with van der Waals surface area (Å²) in [7, 11) is 0. The number of aromatic amines is 1. The van der Waals surface area contributed by atoms with E-state index in [0.717, 1.165) is 5.56 Å². The Bertz CT molecular complexity index is 663. The molecular weight excluding hydrogens is 260 g/mol. The van der Waals surface area contributed by atoms with Gasteiger partial charge in [-0.05, 0) is 23.8 Å². The summed E-state index contributed by atoms with van der Waals surface area (Å²) >= 11 is 0. The monoisotopic (exact) mass is 272 g/mol. The number of carbonyl (C=O) groups is 2. The van der Waals surface area contributed by atoms with Crippen LogP contribution in [-0.4, -0.2) is 24.0 Å². The number of hydrogen-bond donors (Lipinski definition) is 2. The summed E-state index contributed by atoms with van der Waals surface area (Å²) in [4.78, 5) is 25.2. The second-order valence-corrected chi connectivity index (χ2v) is 4.33. The number of rotatable bonds is 4. The number of benzene rings is 1. The molecule has 1 aliphatic heterocycles. The number of hydrogen-bond acceptors (Lipinski definition) is 4. The number of aldehydes is 1. The van der Waals surface area contributed by atoms with E-state index in [1.165, 1.54) is 12.3 Å². The van der Waals surface area contributed by atoms with Gasteiger partial charge in [0.15, 0.2) is 17.8 Å². The van der Waals surface area contributed by atoms with Gasteiger partial charge in [-0.3, -0.25) is 9.59 Å². The van der Waals surface area contributed by atoms with Gasteiger partial charge in [0.1, 0.15) is 5.69 Å². The van der Waals surface area contributed by atoms with Crippen molar-refractivity contribution in [2.75, 3.05) is 6.79 Å². The molecule has 0 saturated heterocycles. The third-order valence-electron chi connectivity index (χ3n) is 2.98. The van der Waals surface area contributed by atoms with Crippen LogP contribution in [0.15, 0.2) is 30.5 Å². The van der Waals surface area contributed by atoms with Crippen molar-refractivity contribution in [1.29, 1.82) is 0 Å². The molecule has 6 nitrogen and oxygen atoms in total. The second kappa shape index (κ2) is 5.08. The van der Waals surface area contributed by atoms with E-state index in [2.05, 4.69) is 10.3 Å². The van der Waals surface area contributed by atoms with Crippen LogP contribution in [0, 0.1) is 0 Å². The van der Waals surface area contributed by atoms with Gasteiger partial charge in [0.2, 0.25) is 6.79 Å². The molecule has 0 bridgehead atoms. The fraction of sp³-hybridized carbons (Fsp3) is 0.143. The molecule has 6 heteroatoms.